The van der Waals surface area contributed by atoms with E-state index in [-0.39, 0.29) is 5.69 Å². The Morgan fingerprint density at radius 3 is 2.95 bits per heavy atom. The fourth-order valence-corrected chi connectivity index (χ4v) is 2.31. The highest BCUT2D eigenvalue weighted by atomic mass is 19.1. The van der Waals surface area contributed by atoms with Crippen molar-refractivity contribution in [3.63, 3.8) is 0 Å². The minimum Gasteiger partial charge on any atom is -0.410 e. The van der Waals surface area contributed by atoms with Crippen LogP contribution in [-0.2, 0) is 6.42 Å². The number of benzene rings is 2. The fourth-order valence-electron chi connectivity index (χ4n) is 2.31. The van der Waals surface area contributed by atoms with Gasteiger partial charge < -0.3 is 10.1 Å². The third-order valence-corrected chi connectivity index (χ3v) is 3.34. The molecule has 0 bridgehead atoms. The van der Waals surface area contributed by atoms with E-state index < -0.39 is 11.9 Å². The van der Waals surface area contributed by atoms with Gasteiger partial charge in [0.15, 0.2) is 0 Å². The molecule has 3 rings (SSSR count). The quantitative estimate of drug-likeness (QED) is 0.883. The lowest BCUT2D eigenvalue weighted by atomic mass is 10.0. The van der Waals surface area contributed by atoms with Gasteiger partial charge in [0.2, 0.25) is 0 Å². The van der Waals surface area contributed by atoms with Gasteiger partial charge in [0, 0.05) is 18.3 Å². The molecule has 0 atom stereocenters. The summed E-state index contributed by atoms with van der Waals surface area (Å²) in [6.45, 7) is 0.915. The van der Waals surface area contributed by atoms with E-state index >= 15 is 0 Å². The minimum absolute atomic E-state index is 0.0959. The molecule has 2 aromatic carbocycles. The maximum Gasteiger partial charge on any atom is 0.417 e. The first-order valence-electron chi connectivity index (χ1n) is 6.82. The van der Waals surface area contributed by atoms with Gasteiger partial charge in [0.1, 0.15) is 11.6 Å². The van der Waals surface area contributed by atoms with E-state index in [2.05, 4.69) is 10.6 Å². The number of nitrogens with one attached hydrogen (secondary N) is 2. The molecule has 1 aliphatic heterocycles. The molecular formula is C16H15FN2O2. The van der Waals surface area contributed by atoms with Crippen LogP contribution in [0.15, 0.2) is 42.5 Å². The molecule has 0 unspecified atom stereocenters. The van der Waals surface area contributed by atoms with Crippen LogP contribution in [0.2, 0.25) is 0 Å². The maximum absolute atomic E-state index is 13.4. The number of halogens is 1. The summed E-state index contributed by atoms with van der Waals surface area (Å²) in [6.07, 6.45) is 1.40. The zero-order valence-electron chi connectivity index (χ0n) is 11.4. The molecule has 1 heterocycles. The predicted molar refractivity (Wildman–Crippen MR) is 79.3 cm³/mol. The number of fused-ring (bicyclic) bond motifs is 1. The molecular weight excluding hydrogens is 271 g/mol. The van der Waals surface area contributed by atoms with E-state index in [9.17, 15) is 9.18 Å². The molecule has 0 fully saturated rings. The molecule has 0 radical (unpaired) electrons. The number of carbonyl (C=O) groups excluding carboxylic acids is 1. The highest BCUT2D eigenvalue weighted by Crippen LogP contribution is 2.26. The molecule has 5 heteroatoms. The van der Waals surface area contributed by atoms with Crippen LogP contribution in [0.1, 0.15) is 12.0 Å². The van der Waals surface area contributed by atoms with Crippen molar-refractivity contribution in [1.82, 2.24) is 0 Å². The average Bonchev–Trinajstić information content (AvgIpc) is 2.49. The second-order valence-electron chi connectivity index (χ2n) is 4.84. The third-order valence-electron chi connectivity index (χ3n) is 3.34. The monoisotopic (exact) mass is 286 g/mol. The van der Waals surface area contributed by atoms with Gasteiger partial charge in [-0.25, -0.2) is 9.18 Å². The first-order chi connectivity index (χ1) is 10.2. The van der Waals surface area contributed by atoms with Crippen molar-refractivity contribution >= 4 is 17.5 Å². The molecule has 2 aromatic rings. The number of ether oxygens (including phenoxy) is 1. The van der Waals surface area contributed by atoms with Gasteiger partial charge in [0.25, 0.3) is 0 Å². The lowest BCUT2D eigenvalue weighted by molar-refractivity contribution is 0.215. The Bertz CT molecular complexity index is 673. The summed E-state index contributed by atoms with van der Waals surface area (Å²) in [5.41, 5.74) is 2.29. The highest BCUT2D eigenvalue weighted by molar-refractivity contribution is 5.86. The predicted octanol–water partition coefficient (Wildman–Crippen LogP) is 3.79. The molecule has 0 aliphatic carbocycles. The van der Waals surface area contributed by atoms with Crippen molar-refractivity contribution in [3.8, 4) is 5.75 Å². The Morgan fingerprint density at radius 1 is 1.24 bits per heavy atom. The Balaban J connectivity index is 1.69. The first-order valence-corrected chi connectivity index (χ1v) is 6.82. The first kappa shape index (κ1) is 13.4. The van der Waals surface area contributed by atoms with Crippen LogP contribution in [0.4, 0.5) is 20.6 Å². The summed E-state index contributed by atoms with van der Waals surface area (Å²) < 4.78 is 18.6. The van der Waals surface area contributed by atoms with Crippen molar-refractivity contribution in [2.45, 2.75) is 12.8 Å². The van der Waals surface area contributed by atoms with Crippen molar-refractivity contribution < 1.29 is 13.9 Å². The van der Waals surface area contributed by atoms with Crippen LogP contribution in [0.3, 0.4) is 0 Å². The van der Waals surface area contributed by atoms with E-state index in [0.717, 1.165) is 25.1 Å². The standard InChI is InChI=1S/C16H15FN2O2/c17-13-5-1-2-6-14(13)19-16(20)21-12-8-7-11-4-3-9-18-15(11)10-12/h1-2,5-8,10,18H,3-4,9H2,(H,19,20). The lowest BCUT2D eigenvalue weighted by Crippen LogP contribution is -2.18. The van der Waals surface area contributed by atoms with Crippen molar-refractivity contribution in [2.24, 2.45) is 0 Å². The topological polar surface area (TPSA) is 50.4 Å². The Morgan fingerprint density at radius 2 is 2.10 bits per heavy atom. The van der Waals surface area contributed by atoms with Crippen LogP contribution in [-0.4, -0.2) is 12.6 Å². The van der Waals surface area contributed by atoms with Gasteiger partial charge >= 0.3 is 6.09 Å². The summed E-state index contributed by atoms with van der Waals surface area (Å²) >= 11 is 0. The molecule has 2 N–H and O–H groups in total. The minimum atomic E-state index is -0.712. The van der Waals surface area contributed by atoms with E-state index in [0.29, 0.717) is 5.75 Å². The maximum atomic E-state index is 13.4. The summed E-state index contributed by atoms with van der Waals surface area (Å²) in [5.74, 6) is -0.0708. The van der Waals surface area contributed by atoms with Crippen LogP contribution in [0.25, 0.3) is 0 Å². The zero-order chi connectivity index (χ0) is 14.7. The van der Waals surface area contributed by atoms with Crippen LogP contribution in [0, 0.1) is 5.82 Å². The summed E-state index contributed by atoms with van der Waals surface area (Å²) in [6, 6.07) is 11.4. The second kappa shape index (κ2) is 5.83. The molecule has 1 aliphatic rings. The molecule has 0 saturated carbocycles. The Hall–Kier alpha value is -2.56. The summed E-state index contributed by atoms with van der Waals surface area (Å²) in [7, 11) is 0. The smallest absolute Gasteiger partial charge is 0.410 e. The van der Waals surface area contributed by atoms with Gasteiger partial charge in [-0.1, -0.05) is 18.2 Å². The Kier molecular flexibility index (Phi) is 3.73. The SMILES string of the molecule is O=C(Nc1ccccc1F)Oc1ccc2c(c1)NCCC2. The largest absolute Gasteiger partial charge is 0.417 e. The number of carbonyl (C=O) groups is 1. The average molecular weight is 286 g/mol. The number of para-hydroxylation sites is 1. The number of rotatable bonds is 2. The van der Waals surface area contributed by atoms with Crippen molar-refractivity contribution in [1.29, 1.82) is 0 Å². The summed E-state index contributed by atoms with van der Waals surface area (Å²) in [4.78, 5) is 11.8. The van der Waals surface area contributed by atoms with Crippen molar-refractivity contribution in [3.05, 3.63) is 53.8 Å². The van der Waals surface area contributed by atoms with E-state index in [4.69, 9.17) is 4.74 Å². The summed E-state index contributed by atoms with van der Waals surface area (Å²) in [5, 5.41) is 5.65. The number of hydrogen-bond acceptors (Lipinski definition) is 3. The van der Waals surface area contributed by atoms with Gasteiger partial charge in [-0.15, -0.1) is 0 Å². The third kappa shape index (κ3) is 3.13. The van der Waals surface area contributed by atoms with Crippen LogP contribution in [0.5, 0.6) is 5.75 Å². The van der Waals surface area contributed by atoms with E-state index in [1.165, 1.54) is 17.7 Å². The number of hydrogen-bond donors (Lipinski definition) is 2. The molecule has 108 valence electrons. The van der Waals surface area contributed by atoms with Crippen molar-refractivity contribution in [2.75, 3.05) is 17.2 Å². The molecule has 0 saturated heterocycles. The van der Waals surface area contributed by atoms with Gasteiger partial charge in [-0.3, -0.25) is 5.32 Å². The molecule has 0 aromatic heterocycles. The molecule has 1 amide bonds. The normalized spacial score (nSPS) is 13.0. The van der Waals surface area contributed by atoms with Gasteiger partial charge in [-0.05, 0) is 36.6 Å². The number of aryl methyl sites for hydroxylation is 1. The van der Waals surface area contributed by atoms with Gasteiger partial charge in [0.05, 0.1) is 5.69 Å². The second-order valence-corrected chi connectivity index (χ2v) is 4.84. The van der Waals surface area contributed by atoms with Crippen LogP contribution >= 0.6 is 0 Å². The number of amides is 1. The van der Waals surface area contributed by atoms with E-state index in [1.807, 2.05) is 6.07 Å². The number of anilines is 2. The molecule has 0 spiro atoms. The van der Waals surface area contributed by atoms with Gasteiger partial charge in [-0.2, -0.15) is 0 Å². The van der Waals surface area contributed by atoms with Crippen LogP contribution < -0.4 is 15.4 Å². The lowest BCUT2D eigenvalue weighted by Gasteiger charge is -2.18. The molecule has 4 nitrogen and oxygen atoms in total. The molecule has 21 heavy (non-hydrogen) atoms. The van der Waals surface area contributed by atoms with E-state index in [1.54, 1.807) is 24.3 Å². The Labute approximate surface area is 121 Å². The zero-order valence-corrected chi connectivity index (χ0v) is 11.4. The highest BCUT2D eigenvalue weighted by Gasteiger charge is 2.12. The fraction of sp³-hybridized carbons (Fsp3) is 0.188.